The third kappa shape index (κ3) is 3.89. The maximum atomic E-state index is 5.58. The van der Waals surface area contributed by atoms with Crippen LogP contribution in [0.2, 0.25) is 0 Å². The van der Waals surface area contributed by atoms with Gasteiger partial charge in [-0.15, -0.1) is 0 Å². The summed E-state index contributed by atoms with van der Waals surface area (Å²) in [7, 11) is 0. The zero-order chi connectivity index (χ0) is 10.2. The van der Waals surface area contributed by atoms with Crippen molar-refractivity contribution in [3.63, 3.8) is 0 Å². The number of H-pyrrole nitrogens is 1. The number of aromatic amines is 1. The first-order valence-electron chi connectivity index (χ1n) is 5.15. The van der Waals surface area contributed by atoms with Gasteiger partial charge in [0, 0.05) is 25.0 Å². The second-order valence-corrected chi connectivity index (χ2v) is 3.32. The minimum atomic E-state index is 0.219. The third-order valence-electron chi connectivity index (χ3n) is 2.22. The quantitative estimate of drug-likeness (QED) is 0.643. The van der Waals surface area contributed by atoms with Crippen LogP contribution >= 0.6 is 0 Å². The lowest BCUT2D eigenvalue weighted by atomic mass is 10.2. The summed E-state index contributed by atoms with van der Waals surface area (Å²) in [5.41, 5.74) is 6.68. The molecule has 1 atom stereocenters. The molecule has 0 aromatic carbocycles. The average molecular weight is 197 g/mol. The fraction of sp³-hybridized carbons (Fsp3) is 0.700. The Morgan fingerprint density at radius 3 is 3.07 bits per heavy atom. The molecule has 0 aliphatic heterocycles. The predicted octanol–water partition coefficient (Wildman–Crippen LogP) is 1.10. The number of aryl methyl sites for hydroxylation is 1. The lowest BCUT2D eigenvalue weighted by Gasteiger charge is -2.12. The van der Waals surface area contributed by atoms with Gasteiger partial charge in [-0.2, -0.15) is 0 Å². The van der Waals surface area contributed by atoms with Gasteiger partial charge in [0.25, 0.3) is 0 Å². The second kappa shape index (κ2) is 6.56. The summed E-state index contributed by atoms with van der Waals surface area (Å²) in [4.78, 5) is 7.01. The monoisotopic (exact) mass is 197 g/mol. The molecule has 4 nitrogen and oxygen atoms in total. The highest BCUT2D eigenvalue weighted by Crippen LogP contribution is 2.00. The highest BCUT2D eigenvalue weighted by molar-refractivity contribution is 4.93. The van der Waals surface area contributed by atoms with Crippen LogP contribution in [0.25, 0.3) is 0 Å². The molecule has 14 heavy (non-hydrogen) atoms. The van der Waals surface area contributed by atoms with E-state index in [1.807, 2.05) is 6.20 Å². The zero-order valence-electron chi connectivity index (χ0n) is 8.70. The van der Waals surface area contributed by atoms with E-state index in [1.54, 1.807) is 6.33 Å². The van der Waals surface area contributed by atoms with Gasteiger partial charge in [-0.1, -0.05) is 6.92 Å². The van der Waals surface area contributed by atoms with Crippen molar-refractivity contribution in [1.29, 1.82) is 0 Å². The molecule has 1 heterocycles. The largest absolute Gasteiger partial charge is 0.377 e. The average Bonchev–Trinajstić information content (AvgIpc) is 2.71. The summed E-state index contributed by atoms with van der Waals surface area (Å²) in [5.74, 6) is 0. The van der Waals surface area contributed by atoms with Crippen molar-refractivity contribution in [1.82, 2.24) is 9.97 Å². The van der Waals surface area contributed by atoms with E-state index in [-0.39, 0.29) is 6.10 Å². The van der Waals surface area contributed by atoms with Crippen molar-refractivity contribution in [2.24, 2.45) is 5.73 Å². The van der Waals surface area contributed by atoms with Crippen molar-refractivity contribution in [2.45, 2.75) is 32.3 Å². The van der Waals surface area contributed by atoms with E-state index >= 15 is 0 Å². The topological polar surface area (TPSA) is 63.9 Å². The number of rotatable bonds is 7. The number of hydrogen-bond acceptors (Lipinski definition) is 3. The Kier molecular flexibility index (Phi) is 5.25. The summed E-state index contributed by atoms with van der Waals surface area (Å²) >= 11 is 0. The van der Waals surface area contributed by atoms with Crippen LogP contribution < -0.4 is 5.73 Å². The van der Waals surface area contributed by atoms with E-state index in [4.69, 9.17) is 10.5 Å². The molecule has 1 aromatic heterocycles. The molecule has 4 heteroatoms. The lowest BCUT2D eigenvalue weighted by Crippen LogP contribution is -2.23. The summed E-state index contributed by atoms with van der Waals surface area (Å²) in [6.07, 6.45) is 6.75. The molecule has 3 N–H and O–H groups in total. The highest BCUT2D eigenvalue weighted by Gasteiger charge is 2.02. The third-order valence-corrected chi connectivity index (χ3v) is 2.22. The number of aromatic nitrogens is 2. The molecule has 0 aliphatic carbocycles. The lowest BCUT2D eigenvalue weighted by molar-refractivity contribution is 0.0551. The predicted molar refractivity (Wildman–Crippen MR) is 56.0 cm³/mol. The summed E-state index contributed by atoms with van der Waals surface area (Å²) in [6.45, 7) is 3.47. The van der Waals surface area contributed by atoms with E-state index in [1.165, 1.54) is 0 Å². The van der Waals surface area contributed by atoms with Crippen LogP contribution in [0.1, 0.15) is 25.5 Å². The van der Waals surface area contributed by atoms with Crippen molar-refractivity contribution in [3.8, 4) is 0 Å². The van der Waals surface area contributed by atoms with Gasteiger partial charge in [0.05, 0.1) is 12.4 Å². The normalized spacial score (nSPS) is 13.0. The van der Waals surface area contributed by atoms with Crippen LogP contribution in [0, 0.1) is 0 Å². The molecule has 0 saturated carbocycles. The van der Waals surface area contributed by atoms with Crippen LogP contribution in [-0.4, -0.2) is 29.2 Å². The highest BCUT2D eigenvalue weighted by atomic mass is 16.5. The van der Waals surface area contributed by atoms with Crippen LogP contribution in [-0.2, 0) is 11.2 Å². The van der Waals surface area contributed by atoms with Gasteiger partial charge in [-0.3, -0.25) is 0 Å². The van der Waals surface area contributed by atoms with Gasteiger partial charge in [0.2, 0.25) is 0 Å². The number of nitrogens with two attached hydrogens (primary N) is 1. The van der Waals surface area contributed by atoms with Crippen molar-refractivity contribution in [3.05, 3.63) is 18.2 Å². The Bertz CT molecular complexity index is 219. The van der Waals surface area contributed by atoms with Crippen molar-refractivity contribution in [2.75, 3.05) is 13.2 Å². The van der Waals surface area contributed by atoms with E-state index in [2.05, 4.69) is 16.9 Å². The zero-order valence-corrected chi connectivity index (χ0v) is 8.70. The molecule has 0 amide bonds. The smallest absolute Gasteiger partial charge is 0.0921 e. The molecule has 0 saturated heterocycles. The molecule has 0 bridgehead atoms. The minimum Gasteiger partial charge on any atom is -0.377 e. The maximum Gasteiger partial charge on any atom is 0.0921 e. The van der Waals surface area contributed by atoms with Gasteiger partial charge < -0.3 is 15.5 Å². The Morgan fingerprint density at radius 2 is 2.50 bits per heavy atom. The number of nitrogens with one attached hydrogen (secondary N) is 1. The molecule has 0 radical (unpaired) electrons. The molecule has 1 rings (SSSR count). The summed E-state index contributed by atoms with van der Waals surface area (Å²) in [5, 5.41) is 0. The van der Waals surface area contributed by atoms with Crippen molar-refractivity contribution >= 4 is 0 Å². The molecular formula is C10H19N3O. The van der Waals surface area contributed by atoms with Crippen molar-refractivity contribution < 1.29 is 4.74 Å². The Hall–Kier alpha value is -0.870. The van der Waals surface area contributed by atoms with Crippen LogP contribution in [0.3, 0.4) is 0 Å². The molecule has 0 fully saturated rings. The molecule has 80 valence electrons. The van der Waals surface area contributed by atoms with Gasteiger partial charge in [0.1, 0.15) is 0 Å². The van der Waals surface area contributed by atoms with E-state index < -0.39 is 0 Å². The van der Waals surface area contributed by atoms with Gasteiger partial charge in [0.15, 0.2) is 0 Å². The molecule has 1 unspecified atom stereocenters. The Labute approximate surface area is 84.9 Å². The van der Waals surface area contributed by atoms with Gasteiger partial charge in [-0.25, -0.2) is 4.98 Å². The van der Waals surface area contributed by atoms with E-state index in [0.717, 1.165) is 31.6 Å². The second-order valence-electron chi connectivity index (χ2n) is 3.32. The van der Waals surface area contributed by atoms with Crippen LogP contribution in [0.4, 0.5) is 0 Å². The fourth-order valence-corrected chi connectivity index (χ4v) is 1.29. The molecular weight excluding hydrogens is 178 g/mol. The summed E-state index contributed by atoms with van der Waals surface area (Å²) in [6, 6.07) is 0. The standard InChI is InChI=1S/C10H19N3O/c1-2-10(6-11)14-5-3-4-9-7-12-8-13-9/h7-8,10H,2-6,11H2,1H3,(H,12,13). The van der Waals surface area contributed by atoms with Crippen LogP contribution in [0.15, 0.2) is 12.5 Å². The number of imidazole rings is 1. The van der Waals surface area contributed by atoms with E-state index in [9.17, 15) is 0 Å². The molecule has 0 spiro atoms. The van der Waals surface area contributed by atoms with E-state index in [0.29, 0.717) is 6.54 Å². The number of ether oxygens (including phenoxy) is 1. The van der Waals surface area contributed by atoms with Crippen LogP contribution in [0.5, 0.6) is 0 Å². The summed E-state index contributed by atoms with van der Waals surface area (Å²) < 4.78 is 5.58. The van der Waals surface area contributed by atoms with Gasteiger partial charge in [-0.05, 0) is 19.3 Å². The maximum absolute atomic E-state index is 5.58. The fourth-order valence-electron chi connectivity index (χ4n) is 1.29. The van der Waals surface area contributed by atoms with Gasteiger partial charge >= 0.3 is 0 Å². The Balaban J connectivity index is 2.04. The molecule has 0 aliphatic rings. The SMILES string of the molecule is CCC(CN)OCCCc1cnc[nH]1. The first-order chi connectivity index (χ1) is 6.86. The Morgan fingerprint density at radius 1 is 1.64 bits per heavy atom. The first-order valence-corrected chi connectivity index (χ1v) is 5.15. The number of nitrogens with zero attached hydrogens (tertiary/aromatic N) is 1. The molecule has 1 aromatic rings. The minimum absolute atomic E-state index is 0.219. The number of hydrogen-bond donors (Lipinski definition) is 2. The first kappa shape index (κ1) is 11.2.